The maximum Gasteiger partial charge on any atom is 0.337 e. The second-order valence-electron chi connectivity index (χ2n) is 7.72. The van der Waals surface area contributed by atoms with Crippen LogP contribution >= 0.6 is 23.1 Å². The monoisotopic (exact) mass is 502 g/mol. The van der Waals surface area contributed by atoms with Crippen molar-refractivity contribution in [3.05, 3.63) is 45.1 Å². The molecule has 0 aliphatic rings. The van der Waals surface area contributed by atoms with Gasteiger partial charge in [0.15, 0.2) is 11.0 Å². The van der Waals surface area contributed by atoms with E-state index >= 15 is 0 Å². The van der Waals surface area contributed by atoms with Crippen LogP contribution in [0.5, 0.6) is 0 Å². The Kier molecular flexibility index (Phi) is 8.11. The van der Waals surface area contributed by atoms with E-state index in [4.69, 9.17) is 9.47 Å². The molecule has 180 valence electrons. The van der Waals surface area contributed by atoms with Crippen LogP contribution in [0.4, 0.5) is 5.69 Å². The molecular weight excluding hydrogens is 476 g/mol. The number of anilines is 1. The smallest absolute Gasteiger partial charge is 0.337 e. The molecule has 9 nitrogen and oxygen atoms in total. The summed E-state index contributed by atoms with van der Waals surface area (Å²) in [5.41, 5.74) is 2.73. The zero-order chi connectivity index (χ0) is 25.0. The van der Waals surface area contributed by atoms with Gasteiger partial charge < -0.3 is 14.8 Å². The lowest BCUT2D eigenvalue weighted by Gasteiger charge is -2.14. The predicted octanol–water partition coefficient (Wildman–Crippen LogP) is 4.51. The number of benzene rings is 1. The summed E-state index contributed by atoms with van der Waals surface area (Å²) in [5.74, 6) is -0.763. The molecule has 0 aliphatic heterocycles. The first kappa shape index (κ1) is 25.4. The Morgan fingerprint density at radius 2 is 1.68 bits per heavy atom. The van der Waals surface area contributed by atoms with E-state index in [1.807, 2.05) is 18.4 Å². The fourth-order valence-electron chi connectivity index (χ4n) is 3.26. The number of carbonyl (C=O) groups excluding carboxylic acids is 3. The molecule has 0 unspecified atom stereocenters. The topological polar surface area (TPSA) is 112 Å². The first-order valence-electron chi connectivity index (χ1n) is 10.4. The Morgan fingerprint density at radius 3 is 2.18 bits per heavy atom. The van der Waals surface area contributed by atoms with E-state index in [-0.39, 0.29) is 34.5 Å². The van der Waals surface area contributed by atoms with Crippen LogP contribution in [-0.4, -0.2) is 52.6 Å². The number of methoxy groups -OCH3 is 2. The summed E-state index contributed by atoms with van der Waals surface area (Å²) in [5, 5.41) is 14.1. The average molecular weight is 503 g/mol. The van der Waals surface area contributed by atoms with Gasteiger partial charge >= 0.3 is 11.9 Å². The van der Waals surface area contributed by atoms with E-state index in [0.717, 1.165) is 11.4 Å². The Hall–Kier alpha value is -3.18. The third-order valence-electron chi connectivity index (χ3n) is 5.10. The van der Waals surface area contributed by atoms with Gasteiger partial charge in [-0.25, -0.2) is 9.59 Å². The highest BCUT2D eigenvalue weighted by molar-refractivity contribution is 7.99. The summed E-state index contributed by atoms with van der Waals surface area (Å²) in [6.07, 6.45) is 0. The van der Waals surface area contributed by atoms with E-state index < -0.39 is 11.9 Å². The third kappa shape index (κ3) is 5.48. The molecule has 1 amide bonds. The number of nitrogens with one attached hydrogen (secondary N) is 1. The van der Waals surface area contributed by atoms with Gasteiger partial charge in [-0.3, -0.25) is 9.36 Å². The van der Waals surface area contributed by atoms with Crippen molar-refractivity contribution in [2.75, 3.05) is 25.3 Å². The molecular formula is C23H26N4O5S2. The SMILES string of the molecule is COC(=O)c1cc(NC(=O)CSc2nnc(-c3csc(C)c3C)n2C(C)C)cc(C(=O)OC)c1. The van der Waals surface area contributed by atoms with E-state index in [0.29, 0.717) is 5.16 Å². The van der Waals surface area contributed by atoms with Gasteiger partial charge in [0, 0.05) is 27.5 Å². The van der Waals surface area contributed by atoms with Gasteiger partial charge in [0.1, 0.15) is 0 Å². The zero-order valence-electron chi connectivity index (χ0n) is 19.8. The normalized spacial score (nSPS) is 10.9. The van der Waals surface area contributed by atoms with Gasteiger partial charge in [-0.05, 0) is 51.5 Å². The summed E-state index contributed by atoms with van der Waals surface area (Å²) in [7, 11) is 2.47. The van der Waals surface area contributed by atoms with Crippen molar-refractivity contribution in [3.8, 4) is 11.4 Å². The zero-order valence-corrected chi connectivity index (χ0v) is 21.4. The molecule has 1 aromatic carbocycles. The van der Waals surface area contributed by atoms with Crippen LogP contribution in [0.15, 0.2) is 28.7 Å². The van der Waals surface area contributed by atoms with Crippen molar-refractivity contribution in [1.82, 2.24) is 14.8 Å². The summed E-state index contributed by atoms with van der Waals surface area (Å²) in [6, 6.07) is 4.33. The molecule has 0 saturated carbocycles. The highest BCUT2D eigenvalue weighted by Gasteiger charge is 2.21. The Labute approximate surface area is 205 Å². The number of aromatic nitrogens is 3. The van der Waals surface area contributed by atoms with Crippen LogP contribution in [0.2, 0.25) is 0 Å². The van der Waals surface area contributed by atoms with E-state index in [9.17, 15) is 14.4 Å². The lowest BCUT2D eigenvalue weighted by molar-refractivity contribution is -0.113. The van der Waals surface area contributed by atoms with Gasteiger partial charge in [0.2, 0.25) is 5.91 Å². The molecule has 0 fully saturated rings. The van der Waals surface area contributed by atoms with Gasteiger partial charge in [-0.15, -0.1) is 21.5 Å². The summed E-state index contributed by atoms with van der Waals surface area (Å²) < 4.78 is 11.5. The second kappa shape index (κ2) is 10.8. The van der Waals surface area contributed by atoms with Crippen molar-refractivity contribution < 1.29 is 23.9 Å². The molecule has 1 N–H and O–H groups in total. The molecule has 0 atom stereocenters. The average Bonchev–Trinajstić information content (AvgIpc) is 3.39. The van der Waals surface area contributed by atoms with Gasteiger partial charge in [0.05, 0.1) is 31.1 Å². The van der Waals surface area contributed by atoms with Crippen molar-refractivity contribution in [2.24, 2.45) is 0 Å². The van der Waals surface area contributed by atoms with Crippen molar-refractivity contribution in [1.29, 1.82) is 0 Å². The Morgan fingerprint density at radius 1 is 1.06 bits per heavy atom. The second-order valence-corrected chi connectivity index (χ2v) is 9.75. The maximum atomic E-state index is 12.7. The van der Waals surface area contributed by atoms with Crippen LogP contribution < -0.4 is 5.32 Å². The minimum absolute atomic E-state index is 0.0580. The van der Waals surface area contributed by atoms with E-state index in [2.05, 4.69) is 34.7 Å². The molecule has 0 saturated heterocycles. The minimum Gasteiger partial charge on any atom is -0.465 e. The largest absolute Gasteiger partial charge is 0.465 e. The predicted molar refractivity (Wildman–Crippen MR) is 132 cm³/mol. The van der Waals surface area contributed by atoms with Crippen LogP contribution in [-0.2, 0) is 14.3 Å². The summed E-state index contributed by atoms with van der Waals surface area (Å²) >= 11 is 2.92. The molecule has 0 bridgehead atoms. The molecule has 3 rings (SSSR count). The number of rotatable bonds is 8. The highest BCUT2D eigenvalue weighted by Crippen LogP contribution is 2.33. The number of esters is 2. The molecule has 34 heavy (non-hydrogen) atoms. The van der Waals surface area contributed by atoms with E-state index in [1.54, 1.807) is 11.3 Å². The number of nitrogens with zero attached hydrogens (tertiary/aromatic N) is 3. The number of thiophene rings is 1. The Bertz CT molecular complexity index is 1200. The number of hydrogen-bond acceptors (Lipinski definition) is 9. The first-order chi connectivity index (χ1) is 16.2. The molecule has 0 aliphatic carbocycles. The lowest BCUT2D eigenvalue weighted by atomic mass is 10.1. The van der Waals surface area contributed by atoms with Crippen molar-refractivity contribution in [2.45, 2.75) is 38.9 Å². The molecule has 0 spiro atoms. The standard InChI is InChI=1S/C23H26N4O5S2/c1-12(2)27-20(18-10-33-14(4)13(18)3)25-26-23(27)34-11-19(28)24-17-8-15(21(29)31-5)7-16(9-17)22(30)32-6/h7-10,12H,11H2,1-6H3,(H,24,28). The lowest BCUT2D eigenvalue weighted by Crippen LogP contribution is -2.16. The van der Waals surface area contributed by atoms with Crippen LogP contribution in [0.1, 0.15) is 51.0 Å². The van der Waals surface area contributed by atoms with E-state index in [1.165, 1.54) is 54.6 Å². The quantitative estimate of drug-likeness (QED) is 0.354. The minimum atomic E-state index is -0.632. The first-order valence-corrected chi connectivity index (χ1v) is 12.3. The number of ether oxygens (including phenoxy) is 2. The molecule has 2 aromatic heterocycles. The number of amides is 1. The molecule has 0 radical (unpaired) electrons. The molecule has 11 heteroatoms. The number of hydrogen-bond donors (Lipinski definition) is 1. The maximum absolute atomic E-state index is 12.7. The van der Waals surface area contributed by atoms with Gasteiger partial charge in [-0.2, -0.15) is 0 Å². The number of carbonyl (C=O) groups is 3. The van der Waals surface area contributed by atoms with Crippen LogP contribution in [0.3, 0.4) is 0 Å². The Balaban J connectivity index is 1.79. The summed E-state index contributed by atoms with van der Waals surface area (Å²) in [4.78, 5) is 37.8. The van der Waals surface area contributed by atoms with Crippen molar-refractivity contribution in [3.63, 3.8) is 0 Å². The number of aryl methyl sites for hydroxylation is 1. The third-order valence-corrected chi connectivity index (χ3v) is 7.06. The number of thioether (sulfide) groups is 1. The fraction of sp³-hybridized carbons (Fsp3) is 0.348. The molecule has 2 heterocycles. The van der Waals surface area contributed by atoms with Crippen LogP contribution in [0, 0.1) is 13.8 Å². The highest BCUT2D eigenvalue weighted by atomic mass is 32.2. The van der Waals surface area contributed by atoms with Crippen molar-refractivity contribution >= 4 is 46.6 Å². The summed E-state index contributed by atoms with van der Waals surface area (Å²) in [6.45, 7) is 8.21. The van der Waals surface area contributed by atoms with Crippen LogP contribution in [0.25, 0.3) is 11.4 Å². The van der Waals surface area contributed by atoms with Gasteiger partial charge in [0.25, 0.3) is 0 Å². The molecule has 3 aromatic rings. The fourth-order valence-corrected chi connectivity index (χ4v) is 4.99. The van der Waals surface area contributed by atoms with Gasteiger partial charge in [-0.1, -0.05) is 11.8 Å².